The van der Waals surface area contributed by atoms with Crippen molar-refractivity contribution in [3.63, 3.8) is 0 Å². The van der Waals surface area contributed by atoms with Crippen LogP contribution in [0.2, 0.25) is 0 Å². The number of carbonyl (C=O) groups excluding carboxylic acids is 3. The molecule has 0 unspecified atom stereocenters. The minimum atomic E-state index is -3.82. The van der Waals surface area contributed by atoms with Crippen LogP contribution in [0.15, 0.2) is 53.4 Å². The summed E-state index contributed by atoms with van der Waals surface area (Å²) < 4.78 is 32.9. The summed E-state index contributed by atoms with van der Waals surface area (Å²) >= 11 is 0. The van der Waals surface area contributed by atoms with Crippen LogP contribution in [0.25, 0.3) is 0 Å². The van der Waals surface area contributed by atoms with E-state index in [9.17, 15) is 22.8 Å². The van der Waals surface area contributed by atoms with Crippen molar-refractivity contribution < 1.29 is 27.5 Å². The molecule has 0 saturated carbocycles. The Bertz CT molecular complexity index is 1140. The summed E-state index contributed by atoms with van der Waals surface area (Å²) in [7, 11) is -3.82. The Hall–Kier alpha value is -3.44. The van der Waals surface area contributed by atoms with Gasteiger partial charge in [-0.05, 0) is 30.3 Å². The Morgan fingerprint density at radius 1 is 1.03 bits per heavy atom. The number of primary amides is 1. The summed E-state index contributed by atoms with van der Waals surface area (Å²) in [6.07, 6.45) is 0.0306. The van der Waals surface area contributed by atoms with Crippen molar-refractivity contribution in [1.82, 2.24) is 9.21 Å². The molecule has 1 aliphatic heterocycles. The number of nitrogens with zero attached hydrogens (tertiary/aromatic N) is 2. The summed E-state index contributed by atoms with van der Waals surface area (Å²) in [4.78, 5) is 36.8. The summed E-state index contributed by atoms with van der Waals surface area (Å²) in [5, 5.41) is 2.71. The van der Waals surface area contributed by atoms with Crippen LogP contribution in [0.3, 0.4) is 0 Å². The third kappa shape index (κ3) is 6.08. The molecule has 3 amide bonds. The highest BCUT2D eigenvalue weighted by Crippen LogP contribution is 2.25. The molecule has 0 spiro atoms. The molecular formula is C22H26N4O6S. The van der Waals surface area contributed by atoms with E-state index >= 15 is 0 Å². The highest BCUT2D eigenvalue weighted by molar-refractivity contribution is 7.89. The fraction of sp³-hybridized carbons (Fsp3) is 0.318. The molecule has 0 bridgehead atoms. The van der Waals surface area contributed by atoms with E-state index < -0.39 is 21.8 Å². The zero-order chi connectivity index (χ0) is 24.0. The topological polar surface area (TPSA) is 139 Å². The van der Waals surface area contributed by atoms with E-state index in [1.165, 1.54) is 35.5 Å². The number of carbonyl (C=O) groups is 3. The second-order valence-electron chi connectivity index (χ2n) is 7.45. The Morgan fingerprint density at radius 3 is 2.39 bits per heavy atom. The van der Waals surface area contributed by atoms with E-state index in [1.54, 1.807) is 29.2 Å². The van der Waals surface area contributed by atoms with Crippen LogP contribution in [-0.2, 0) is 19.6 Å². The minimum Gasteiger partial charge on any atom is -0.491 e. The maximum Gasteiger partial charge on any atom is 0.255 e. The first-order valence-corrected chi connectivity index (χ1v) is 11.8. The lowest BCUT2D eigenvalue weighted by atomic mass is 10.2. The third-order valence-electron chi connectivity index (χ3n) is 5.16. The molecule has 1 fully saturated rings. The van der Waals surface area contributed by atoms with E-state index in [-0.39, 0.29) is 42.5 Å². The number of para-hydroxylation sites is 2. The van der Waals surface area contributed by atoms with Gasteiger partial charge in [0, 0.05) is 38.7 Å². The summed E-state index contributed by atoms with van der Waals surface area (Å²) in [5.41, 5.74) is 5.65. The number of nitrogens with two attached hydrogens (primary N) is 1. The first-order valence-electron chi connectivity index (χ1n) is 10.4. The van der Waals surface area contributed by atoms with Crippen LogP contribution in [0.1, 0.15) is 23.7 Å². The molecule has 0 radical (unpaired) electrons. The molecule has 3 rings (SSSR count). The third-order valence-corrected chi connectivity index (χ3v) is 7.05. The van der Waals surface area contributed by atoms with Crippen LogP contribution >= 0.6 is 0 Å². The highest BCUT2D eigenvalue weighted by Gasteiger charge is 2.29. The lowest BCUT2D eigenvalue weighted by molar-refractivity contribution is -0.130. The highest BCUT2D eigenvalue weighted by atomic mass is 32.2. The molecule has 0 aromatic heterocycles. The van der Waals surface area contributed by atoms with E-state index in [0.717, 1.165) is 0 Å². The molecule has 176 valence electrons. The lowest BCUT2D eigenvalue weighted by Crippen LogP contribution is -2.49. The van der Waals surface area contributed by atoms with Gasteiger partial charge in [-0.2, -0.15) is 4.31 Å². The number of benzene rings is 2. The number of nitrogens with one attached hydrogen (secondary N) is 1. The molecule has 2 aromatic carbocycles. The van der Waals surface area contributed by atoms with E-state index in [0.29, 0.717) is 24.5 Å². The maximum atomic E-state index is 13.1. The second kappa shape index (κ2) is 10.5. The summed E-state index contributed by atoms with van der Waals surface area (Å²) in [6, 6.07) is 12.5. The van der Waals surface area contributed by atoms with Gasteiger partial charge in [-0.15, -0.1) is 0 Å². The maximum absolute atomic E-state index is 13.1. The van der Waals surface area contributed by atoms with E-state index in [2.05, 4.69) is 5.32 Å². The van der Waals surface area contributed by atoms with Gasteiger partial charge in [0.1, 0.15) is 5.75 Å². The lowest BCUT2D eigenvalue weighted by Gasteiger charge is -2.33. The molecule has 0 atom stereocenters. The van der Waals surface area contributed by atoms with Crippen molar-refractivity contribution in [3.8, 4) is 5.75 Å². The monoisotopic (exact) mass is 474 g/mol. The summed E-state index contributed by atoms with van der Waals surface area (Å²) in [6.45, 7) is 2.53. The molecule has 1 heterocycles. The molecular weight excluding hydrogens is 448 g/mol. The zero-order valence-electron chi connectivity index (χ0n) is 18.2. The molecule has 2 aromatic rings. The SMILES string of the molecule is CC(=O)N1CCN(S(=O)(=O)c2cccc(C(=O)Nc3ccccc3OCCC(N)=O)c2)CC1. The van der Waals surface area contributed by atoms with Crippen molar-refractivity contribution in [1.29, 1.82) is 0 Å². The number of hydrogen-bond donors (Lipinski definition) is 2. The van der Waals surface area contributed by atoms with Gasteiger partial charge in [0.05, 0.1) is 23.6 Å². The van der Waals surface area contributed by atoms with Gasteiger partial charge in [-0.25, -0.2) is 8.42 Å². The normalized spacial score (nSPS) is 14.5. The number of rotatable bonds is 8. The molecule has 11 heteroatoms. The Morgan fingerprint density at radius 2 is 1.73 bits per heavy atom. The first-order chi connectivity index (χ1) is 15.7. The van der Waals surface area contributed by atoms with Gasteiger partial charge >= 0.3 is 0 Å². The largest absolute Gasteiger partial charge is 0.491 e. The van der Waals surface area contributed by atoms with Gasteiger partial charge in [0.25, 0.3) is 5.91 Å². The Balaban J connectivity index is 1.73. The number of ether oxygens (including phenoxy) is 1. The fourth-order valence-corrected chi connectivity index (χ4v) is 4.81. The van der Waals surface area contributed by atoms with E-state index in [4.69, 9.17) is 10.5 Å². The minimum absolute atomic E-state index is 0.00239. The van der Waals surface area contributed by atoms with Crippen molar-refractivity contribution in [3.05, 3.63) is 54.1 Å². The van der Waals surface area contributed by atoms with Crippen LogP contribution in [0.5, 0.6) is 5.75 Å². The van der Waals surface area contributed by atoms with Crippen molar-refractivity contribution >= 4 is 33.4 Å². The molecule has 10 nitrogen and oxygen atoms in total. The van der Waals surface area contributed by atoms with Gasteiger partial charge in [-0.3, -0.25) is 14.4 Å². The molecule has 1 saturated heterocycles. The number of amides is 3. The quantitative estimate of drug-likeness (QED) is 0.586. The van der Waals surface area contributed by atoms with Crippen LogP contribution in [0.4, 0.5) is 5.69 Å². The van der Waals surface area contributed by atoms with Gasteiger partial charge in [0.15, 0.2) is 0 Å². The smallest absolute Gasteiger partial charge is 0.255 e. The van der Waals surface area contributed by atoms with Gasteiger partial charge in [-0.1, -0.05) is 18.2 Å². The first kappa shape index (κ1) is 24.2. The van der Waals surface area contributed by atoms with Crippen molar-refractivity contribution in [2.24, 2.45) is 5.73 Å². The van der Waals surface area contributed by atoms with Crippen molar-refractivity contribution in [2.45, 2.75) is 18.2 Å². The fourth-order valence-electron chi connectivity index (χ4n) is 3.34. The average molecular weight is 475 g/mol. The average Bonchev–Trinajstić information content (AvgIpc) is 2.80. The predicted molar refractivity (Wildman–Crippen MR) is 121 cm³/mol. The van der Waals surface area contributed by atoms with Gasteiger partial charge < -0.3 is 20.7 Å². The number of hydrogen-bond acceptors (Lipinski definition) is 6. The second-order valence-corrected chi connectivity index (χ2v) is 9.39. The number of sulfonamides is 1. The summed E-state index contributed by atoms with van der Waals surface area (Å²) in [5.74, 6) is -0.750. The van der Waals surface area contributed by atoms with Crippen LogP contribution < -0.4 is 15.8 Å². The zero-order valence-corrected chi connectivity index (χ0v) is 19.0. The number of piperazine rings is 1. The standard InChI is InChI=1S/C22H26N4O6S/c1-16(27)25-10-12-26(13-11-25)33(30,31)18-6-4-5-17(15-18)22(29)24-19-7-2-3-8-20(19)32-14-9-21(23)28/h2-8,15H,9-14H2,1H3,(H2,23,28)(H,24,29). The van der Waals surface area contributed by atoms with E-state index in [1.807, 2.05) is 0 Å². The molecule has 3 N–H and O–H groups in total. The Kier molecular flexibility index (Phi) is 7.67. The number of anilines is 1. The van der Waals surface area contributed by atoms with Crippen LogP contribution in [0, 0.1) is 0 Å². The molecule has 33 heavy (non-hydrogen) atoms. The molecule has 1 aliphatic rings. The van der Waals surface area contributed by atoms with Crippen molar-refractivity contribution in [2.75, 3.05) is 38.1 Å². The predicted octanol–water partition coefficient (Wildman–Crippen LogP) is 1.05. The Labute approximate surface area is 192 Å². The molecule has 0 aliphatic carbocycles. The van der Waals surface area contributed by atoms with Crippen LogP contribution in [-0.4, -0.2) is 68.1 Å². The van der Waals surface area contributed by atoms with Gasteiger partial charge in [0.2, 0.25) is 21.8 Å².